The van der Waals surface area contributed by atoms with Crippen molar-refractivity contribution >= 4 is 0 Å². The Labute approximate surface area is 83.0 Å². The molecule has 4 bridgehead atoms. The van der Waals surface area contributed by atoms with Crippen LogP contribution < -0.4 is 5.73 Å². The van der Waals surface area contributed by atoms with Crippen molar-refractivity contribution in [2.45, 2.75) is 43.7 Å². The maximum Gasteiger partial charge on any atom is 0.233 e. The Balaban J connectivity index is 1.97. The van der Waals surface area contributed by atoms with Crippen molar-refractivity contribution in [3.05, 3.63) is 10.1 Å². The van der Waals surface area contributed by atoms with Crippen molar-refractivity contribution in [1.29, 1.82) is 0 Å². The topological polar surface area (TPSA) is 69.2 Å². The SMILES string of the molecule is NC12CC3CC(CC(C3)C1[N+](=O)[O-])C2. The van der Waals surface area contributed by atoms with Crippen LogP contribution in [0.3, 0.4) is 0 Å². The largest absolute Gasteiger partial charge is 0.319 e. The Hall–Kier alpha value is -0.640. The summed E-state index contributed by atoms with van der Waals surface area (Å²) in [6, 6.07) is -0.449. The molecule has 4 nitrogen and oxygen atoms in total. The van der Waals surface area contributed by atoms with E-state index in [0.717, 1.165) is 25.7 Å². The summed E-state index contributed by atoms with van der Waals surface area (Å²) in [5.41, 5.74) is 5.76. The zero-order chi connectivity index (χ0) is 9.92. The Morgan fingerprint density at radius 3 is 2.21 bits per heavy atom. The maximum atomic E-state index is 11.0. The monoisotopic (exact) mass is 196 g/mol. The first-order valence-electron chi connectivity index (χ1n) is 5.51. The molecule has 0 radical (unpaired) electrons. The Bertz CT molecular complexity index is 278. The average Bonchev–Trinajstić information content (AvgIpc) is 1.97. The van der Waals surface area contributed by atoms with Crippen molar-refractivity contribution in [3.8, 4) is 0 Å². The molecule has 0 aromatic rings. The van der Waals surface area contributed by atoms with E-state index in [0.29, 0.717) is 11.8 Å². The second kappa shape index (κ2) is 2.48. The van der Waals surface area contributed by atoms with Gasteiger partial charge in [0.15, 0.2) is 0 Å². The first-order chi connectivity index (χ1) is 6.58. The maximum absolute atomic E-state index is 11.0. The first kappa shape index (κ1) is 8.65. The molecule has 3 atom stereocenters. The van der Waals surface area contributed by atoms with Gasteiger partial charge in [0, 0.05) is 10.8 Å². The minimum absolute atomic E-state index is 0.109. The fourth-order valence-corrected chi connectivity index (χ4v) is 4.46. The molecule has 0 aliphatic heterocycles. The summed E-state index contributed by atoms with van der Waals surface area (Å²) in [5.74, 6) is 1.66. The summed E-state index contributed by atoms with van der Waals surface area (Å²) in [4.78, 5) is 10.9. The summed E-state index contributed by atoms with van der Waals surface area (Å²) in [7, 11) is 0. The quantitative estimate of drug-likeness (QED) is 0.505. The van der Waals surface area contributed by atoms with Gasteiger partial charge in [0.2, 0.25) is 6.04 Å². The number of hydrogen-bond acceptors (Lipinski definition) is 3. The summed E-state index contributed by atoms with van der Waals surface area (Å²) >= 11 is 0. The van der Waals surface area contributed by atoms with E-state index in [9.17, 15) is 10.1 Å². The van der Waals surface area contributed by atoms with E-state index >= 15 is 0 Å². The van der Waals surface area contributed by atoms with Crippen molar-refractivity contribution < 1.29 is 4.92 Å². The highest BCUT2D eigenvalue weighted by Gasteiger charge is 2.61. The van der Waals surface area contributed by atoms with Gasteiger partial charge in [-0.25, -0.2) is 0 Å². The summed E-state index contributed by atoms with van der Waals surface area (Å²) < 4.78 is 0. The average molecular weight is 196 g/mol. The van der Waals surface area contributed by atoms with Crippen LogP contribution in [0.1, 0.15) is 32.1 Å². The molecule has 0 heterocycles. The number of rotatable bonds is 1. The van der Waals surface area contributed by atoms with Crippen LogP contribution in [0.25, 0.3) is 0 Å². The lowest BCUT2D eigenvalue weighted by atomic mass is 9.51. The van der Waals surface area contributed by atoms with Crippen LogP contribution in [-0.2, 0) is 0 Å². The Morgan fingerprint density at radius 1 is 1.21 bits per heavy atom. The standard InChI is InChI=1S/C10H16N2O2/c11-10-4-6-1-7(5-10)3-8(2-6)9(10)12(13)14/h6-9H,1-5,11H2. The molecular formula is C10H16N2O2. The van der Waals surface area contributed by atoms with Crippen LogP contribution in [0.15, 0.2) is 0 Å². The Morgan fingerprint density at radius 2 is 1.79 bits per heavy atom. The summed E-state index contributed by atoms with van der Waals surface area (Å²) in [6.45, 7) is 0. The normalized spacial score (nSPS) is 54.9. The van der Waals surface area contributed by atoms with Crippen LogP contribution in [0.2, 0.25) is 0 Å². The molecule has 4 fully saturated rings. The van der Waals surface area contributed by atoms with Gasteiger partial charge in [-0.3, -0.25) is 10.1 Å². The van der Waals surface area contributed by atoms with E-state index in [1.54, 1.807) is 0 Å². The van der Waals surface area contributed by atoms with Crippen LogP contribution in [0.4, 0.5) is 0 Å². The van der Waals surface area contributed by atoms with Crippen molar-refractivity contribution in [2.24, 2.45) is 23.5 Å². The molecule has 0 spiro atoms. The molecule has 4 heteroatoms. The number of nitrogens with zero attached hydrogens (tertiary/aromatic N) is 1. The third-order valence-electron chi connectivity index (χ3n) is 4.54. The predicted octanol–water partition coefficient (Wildman–Crippen LogP) is 1.17. The molecule has 4 aliphatic carbocycles. The van der Waals surface area contributed by atoms with Gasteiger partial charge in [-0.15, -0.1) is 0 Å². The van der Waals surface area contributed by atoms with E-state index in [1.165, 1.54) is 6.42 Å². The molecule has 78 valence electrons. The van der Waals surface area contributed by atoms with Crippen molar-refractivity contribution in [2.75, 3.05) is 0 Å². The van der Waals surface area contributed by atoms with Gasteiger partial charge in [0.25, 0.3) is 0 Å². The van der Waals surface area contributed by atoms with Gasteiger partial charge >= 0.3 is 0 Å². The molecule has 4 saturated carbocycles. The lowest BCUT2D eigenvalue weighted by molar-refractivity contribution is -0.554. The zero-order valence-corrected chi connectivity index (χ0v) is 8.19. The van der Waals surface area contributed by atoms with E-state index in [2.05, 4.69) is 0 Å². The van der Waals surface area contributed by atoms with Gasteiger partial charge in [-0.2, -0.15) is 0 Å². The fourth-order valence-electron chi connectivity index (χ4n) is 4.46. The van der Waals surface area contributed by atoms with Gasteiger partial charge < -0.3 is 5.73 Å². The number of hydrogen-bond donors (Lipinski definition) is 1. The number of nitrogens with two attached hydrogens (primary N) is 1. The second-order valence-electron chi connectivity index (χ2n) is 5.57. The van der Waals surface area contributed by atoms with E-state index in [1.807, 2.05) is 0 Å². The van der Waals surface area contributed by atoms with E-state index < -0.39 is 11.6 Å². The molecule has 3 unspecified atom stereocenters. The predicted molar refractivity (Wildman–Crippen MR) is 51.3 cm³/mol. The first-order valence-corrected chi connectivity index (χ1v) is 5.51. The van der Waals surface area contributed by atoms with Gasteiger partial charge in [-0.1, -0.05) is 0 Å². The summed E-state index contributed by atoms with van der Waals surface area (Å²) in [6.07, 6.45) is 5.18. The molecule has 14 heavy (non-hydrogen) atoms. The van der Waals surface area contributed by atoms with Crippen molar-refractivity contribution in [1.82, 2.24) is 0 Å². The van der Waals surface area contributed by atoms with Gasteiger partial charge in [0.1, 0.15) is 0 Å². The minimum atomic E-state index is -0.460. The van der Waals surface area contributed by atoms with E-state index in [4.69, 9.17) is 5.73 Å². The third kappa shape index (κ3) is 0.975. The molecule has 0 aromatic heterocycles. The van der Waals surface area contributed by atoms with Crippen LogP contribution in [-0.4, -0.2) is 16.5 Å². The van der Waals surface area contributed by atoms with Crippen LogP contribution in [0.5, 0.6) is 0 Å². The molecule has 0 amide bonds. The van der Waals surface area contributed by atoms with Crippen LogP contribution >= 0.6 is 0 Å². The zero-order valence-electron chi connectivity index (χ0n) is 8.19. The molecular weight excluding hydrogens is 180 g/mol. The molecule has 0 saturated heterocycles. The van der Waals surface area contributed by atoms with Crippen molar-refractivity contribution in [3.63, 3.8) is 0 Å². The lowest BCUT2D eigenvalue weighted by Crippen LogP contribution is -2.67. The highest BCUT2D eigenvalue weighted by atomic mass is 16.6. The number of nitro groups is 1. The minimum Gasteiger partial charge on any atom is -0.319 e. The lowest BCUT2D eigenvalue weighted by Gasteiger charge is -2.55. The van der Waals surface area contributed by atoms with Gasteiger partial charge in [-0.05, 0) is 43.9 Å². The smallest absolute Gasteiger partial charge is 0.233 e. The molecule has 0 aromatic carbocycles. The molecule has 2 N–H and O–H groups in total. The fraction of sp³-hybridized carbons (Fsp3) is 1.00. The summed E-state index contributed by atoms with van der Waals surface area (Å²) in [5, 5.41) is 11.0. The Kier molecular flexibility index (Phi) is 1.53. The second-order valence-corrected chi connectivity index (χ2v) is 5.57. The van der Waals surface area contributed by atoms with E-state index in [-0.39, 0.29) is 10.8 Å². The highest BCUT2D eigenvalue weighted by Crippen LogP contribution is 2.55. The molecule has 4 aliphatic rings. The van der Waals surface area contributed by atoms with Gasteiger partial charge in [0.05, 0.1) is 5.54 Å². The molecule has 4 rings (SSSR count). The third-order valence-corrected chi connectivity index (χ3v) is 4.54. The highest BCUT2D eigenvalue weighted by molar-refractivity contribution is 5.10. The van der Waals surface area contributed by atoms with Crippen LogP contribution in [0, 0.1) is 27.9 Å².